The lowest BCUT2D eigenvalue weighted by atomic mass is 10.1. The maximum Gasteiger partial charge on any atom is 0.159 e. The first-order valence-electron chi connectivity index (χ1n) is 9.18. The lowest BCUT2D eigenvalue weighted by Crippen LogP contribution is -1.98. The molecule has 5 heteroatoms. The number of rotatable bonds is 7. The summed E-state index contributed by atoms with van der Waals surface area (Å²) >= 11 is 0. The van der Waals surface area contributed by atoms with Crippen molar-refractivity contribution in [3.05, 3.63) is 104 Å². The van der Waals surface area contributed by atoms with Crippen LogP contribution >= 0.6 is 0 Å². The second kappa shape index (κ2) is 8.35. The molecule has 0 saturated heterocycles. The van der Waals surface area contributed by atoms with E-state index in [4.69, 9.17) is 9.72 Å². The van der Waals surface area contributed by atoms with E-state index >= 15 is 0 Å². The first-order chi connectivity index (χ1) is 14.2. The first kappa shape index (κ1) is 18.4. The van der Waals surface area contributed by atoms with Gasteiger partial charge in [-0.25, -0.2) is 15.0 Å². The molecular formula is C24H20N4O. The fraction of sp³-hybridized carbons (Fsp3) is 0.0417. The molecule has 0 fully saturated rings. The van der Waals surface area contributed by atoms with Crippen molar-refractivity contribution in [3.8, 4) is 22.8 Å². The zero-order valence-corrected chi connectivity index (χ0v) is 15.9. The number of hydrogen-bond donors (Lipinski definition) is 0. The van der Waals surface area contributed by atoms with Crippen LogP contribution in [0.1, 0.15) is 0 Å². The largest absolute Gasteiger partial charge is 0.489 e. The van der Waals surface area contributed by atoms with E-state index < -0.39 is 0 Å². The van der Waals surface area contributed by atoms with Crippen molar-refractivity contribution >= 4 is 10.9 Å². The third kappa shape index (κ3) is 4.30. The smallest absolute Gasteiger partial charge is 0.159 e. The summed E-state index contributed by atoms with van der Waals surface area (Å²) in [5.41, 5.74) is 3.73. The number of allylic oxidation sites excluding steroid dienone is 2. The van der Waals surface area contributed by atoms with Gasteiger partial charge in [-0.3, -0.25) is 0 Å². The second-order valence-corrected chi connectivity index (χ2v) is 6.47. The van der Waals surface area contributed by atoms with E-state index in [0.29, 0.717) is 12.4 Å². The zero-order valence-electron chi connectivity index (χ0n) is 15.9. The average molecular weight is 380 g/mol. The topological polar surface area (TPSA) is 52.8 Å². The van der Waals surface area contributed by atoms with Crippen molar-refractivity contribution in [2.75, 3.05) is 6.61 Å². The molecule has 4 aromatic rings. The van der Waals surface area contributed by atoms with Gasteiger partial charge in [0.1, 0.15) is 12.4 Å². The Morgan fingerprint density at radius 2 is 2.00 bits per heavy atom. The molecule has 0 aliphatic rings. The highest BCUT2D eigenvalue weighted by atomic mass is 16.5. The number of aromatic nitrogens is 4. The Morgan fingerprint density at radius 3 is 2.76 bits per heavy atom. The summed E-state index contributed by atoms with van der Waals surface area (Å²) in [6.07, 6.45) is 12.7. The SMILES string of the molecule is C=CC=CC(=C)COc1ccc(-c2ncc3cc(-n4ccnc4)ccc3n2)cc1. The molecule has 2 heterocycles. The monoisotopic (exact) mass is 380 g/mol. The van der Waals surface area contributed by atoms with E-state index in [1.807, 2.05) is 71.6 Å². The highest BCUT2D eigenvalue weighted by Crippen LogP contribution is 2.23. The predicted molar refractivity (Wildman–Crippen MR) is 116 cm³/mol. The van der Waals surface area contributed by atoms with Crippen LogP contribution in [-0.4, -0.2) is 26.1 Å². The summed E-state index contributed by atoms with van der Waals surface area (Å²) in [5, 5.41) is 0.978. The van der Waals surface area contributed by atoms with Crippen LogP contribution < -0.4 is 4.74 Å². The number of nitrogens with zero attached hydrogens (tertiary/aromatic N) is 4. The molecule has 0 unspecified atom stereocenters. The summed E-state index contributed by atoms with van der Waals surface area (Å²) in [6.45, 7) is 8.01. The maximum absolute atomic E-state index is 5.74. The molecule has 29 heavy (non-hydrogen) atoms. The van der Waals surface area contributed by atoms with Crippen molar-refractivity contribution in [3.63, 3.8) is 0 Å². The number of ether oxygens (including phenoxy) is 1. The number of imidazole rings is 1. The van der Waals surface area contributed by atoms with Crippen LogP contribution in [0.2, 0.25) is 0 Å². The minimum Gasteiger partial charge on any atom is -0.489 e. The van der Waals surface area contributed by atoms with Gasteiger partial charge in [0, 0.05) is 35.2 Å². The Kier molecular flexibility index (Phi) is 5.29. The molecule has 0 atom stereocenters. The van der Waals surface area contributed by atoms with Crippen molar-refractivity contribution in [1.29, 1.82) is 0 Å². The molecule has 0 radical (unpaired) electrons. The van der Waals surface area contributed by atoms with Crippen LogP contribution in [0.5, 0.6) is 5.75 Å². The summed E-state index contributed by atoms with van der Waals surface area (Å²) in [7, 11) is 0. The highest BCUT2D eigenvalue weighted by Gasteiger charge is 2.06. The lowest BCUT2D eigenvalue weighted by molar-refractivity contribution is 0.356. The number of hydrogen-bond acceptors (Lipinski definition) is 4. The fourth-order valence-electron chi connectivity index (χ4n) is 2.86. The van der Waals surface area contributed by atoms with Gasteiger partial charge in [0.2, 0.25) is 0 Å². The Bertz CT molecular complexity index is 1180. The molecule has 2 aromatic heterocycles. The molecule has 5 nitrogen and oxygen atoms in total. The van der Waals surface area contributed by atoms with Crippen molar-refractivity contribution in [2.24, 2.45) is 0 Å². The lowest BCUT2D eigenvalue weighted by Gasteiger charge is -2.08. The van der Waals surface area contributed by atoms with Crippen LogP contribution in [0.4, 0.5) is 0 Å². The third-order valence-corrected chi connectivity index (χ3v) is 4.37. The standard InChI is InChI=1S/C24H20N4O/c1-3-4-5-18(2)16-29-22-9-6-19(7-10-22)24-26-15-20-14-21(8-11-23(20)27-24)28-13-12-25-17-28/h3-15,17H,1-2,16H2. The summed E-state index contributed by atoms with van der Waals surface area (Å²) in [6, 6.07) is 13.8. The van der Waals surface area contributed by atoms with Gasteiger partial charge in [-0.2, -0.15) is 0 Å². The summed E-state index contributed by atoms with van der Waals surface area (Å²) in [5.74, 6) is 1.45. The normalized spacial score (nSPS) is 11.0. The molecule has 2 aromatic carbocycles. The van der Waals surface area contributed by atoms with Gasteiger partial charge < -0.3 is 9.30 Å². The molecular weight excluding hydrogens is 360 g/mol. The van der Waals surface area contributed by atoms with Gasteiger partial charge >= 0.3 is 0 Å². The molecule has 0 spiro atoms. The molecule has 142 valence electrons. The van der Waals surface area contributed by atoms with Crippen molar-refractivity contribution in [1.82, 2.24) is 19.5 Å². The summed E-state index contributed by atoms with van der Waals surface area (Å²) < 4.78 is 7.69. The second-order valence-electron chi connectivity index (χ2n) is 6.47. The molecule has 0 aliphatic carbocycles. The van der Waals surface area contributed by atoms with E-state index in [1.54, 1.807) is 18.6 Å². The van der Waals surface area contributed by atoms with Crippen LogP contribution in [0.15, 0.2) is 104 Å². The number of benzene rings is 2. The van der Waals surface area contributed by atoms with E-state index in [2.05, 4.69) is 23.1 Å². The van der Waals surface area contributed by atoms with Crippen LogP contribution in [0, 0.1) is 0 Å². The zero-order chi connectivity index (χ0) is 20.1. The van der Waals surface area contributed by atoms with Crippen LogP contribution in [0.25, 0.3) is 28.0 Å². The van der Waals surface area contributed by atoms with E-state index in [9.17, 15) is 0 Å². The number of fused-ring (bicyclic) bond motifs is 1. The van der Waals surface area contributed by atoms with Crippen molar-refractivity contribution in [2.45, 2.75) is 0 Å². The van der Waals surface area contributed by atoms with E-state index in [1.165, 1.54) is 0 Å². The van der Waals surface area contributed by atoms with E-state index in [-0.39, 0.29) is 0 Å². The molecule has 4 rings (SSSR count). The predicted octanol–water partition coefficient (Wildman–Crippen LogP) is 5.16. The molecule has 0 aliphatic heterocycles. The molecule has 0 saturated carbocycles. The minimum absolute atomic E-state index is 0.426. The minimum atomic E-state index is 0.426. The van der Waals surface area contributed by atoms with Gasteiger partial charge in [0.15, 0.2) is 5.82 Å². The first-order valence-corrected chi connectivity index (χ1v) is 9.18. The Hall–Kier alpha value is -3.99. The Balaban J connectivity index is 1.50. The highest BCUT2D eigenvalue weighted by molar-refractivity contribution is 5.81. The Morgan fingerprint density at radius 1 is 1.14 bits per heavy atom. The fourth-order valence-corrected chi connectivity index (χ4v) is 2.86. The summed E-state index contributed by atoms with van der Waals surface area (Å²) in [4.78, 5) is 13.3. The van der Waals surface area contributed by atoms with E-state index in [0.717, 1.165) is 33.5 Å². The molecule has 0 amide bonds. The molecule has 0 bridgehead atoms. The third-order valence-electron chi connectivity index (χ3n) is 4.37. The average Bonchev–Trinajstić information content (AvgIpc) is 3.31. The quantitative estimate of drug-likeness (QED) is 0.416. The van der Waals surface area contributed by atoms with Gasteiger partial charge in [-0.05, 0) is 48.0 Å². The molecule has 0 N–H and O–H groups in total. The van der Waals surface area contributed by atoms with Gasteiger partial charge in [-0.1, -0.05) is 31.4 Å². The maximum atomic E-state index is 5.74. The van der Waals surface area contributed by atoms with Gasteiger partial charge in [0.25, 0.3) is 0 Å². The van der Waals surface area contributed by atoms with Crippen LogP contribution in [0.3, 0.4) is 0 Å². The van der Waals surface area contributed by atoms with Gasteiger partial charge in [-0.15, -0.1) is 0 Å². The van der Waals surface area contributed by atoms with Gasteiger partial charge in [0.05, 0.1) is 11.8 Å². The Labute approximate surface area is 169 Å². The van der Waals surface area contributed by atoms with Crippen LogP contribution in [-0.2, 0) is 0 Å². The van der Waals surface area contributed by atoms with Crippen molar-refractivity contribution < 1.29 is 4.74 Å².